The van der Waals surface area contributed by atoms with Crippen molar-refractivity contribution >= 4 is 32.9 Å². The standard InChI is InChI=1S/C16H22F3N2O5P.C15H24NO4P/c1-3-25-14(22)12(2)21-27(24,26-13-8-5-4-6-9-13)11-7-10-20-15(23)16(17,18)19;1-4-6-12-21(18,16-13(3)15(17)19-5-2)20-14-10-8-7-9-11-14/h4-6,8-9,12H,3,7,10-11H2,1-2H3,(H,20,23)(H,21,24);7-11,13H,4-6,12H2,1-3H3,(H,16,18)/t12-,27?;13-,21?/m00/s1. The van der Waals surface area contributed by atoms with E-state index in [1.54, 1.807) is 68.6 Å². The van der Waals surface area contributed by atoms with E-state index in [1.807, 2.05) is 25.1 Å². The summed E-state index contributed by atoms with van der Waals surface area (Å²) in [6, 6.07) is 15.5. The number of hydrogen-bond acceptors (Lipinski definition) is 9. The van der Waals surface area contributed by atoms with Gasteiger partial charge in [0.25, 0.3) is 0 Å². The molecule has 2 aromatic carbocycles. The molecule has 0 aliphatic rings. The Bertz CT molecular complexity index is 1350. The van der Waals surface area contributed by atoms with Gasteiger partial charge < -0.3 is 23.8 Å². The van der Waals surface area contributed by atoms with Crippen LogP contribution in [0.4, 0.5) is 13.2 Å². The second-order valence-corrected chi connectivity index (χ2v) is 14.7. The fourth-order valence-electron chi connectivity index (χ4n) is 3.76. The van der Waals surface area contributed by atoms with Crippen molar-refractivity contribution in [2.45, 2.75) is 72.1 Å². The molecule has 0 saturated heterocycles. The number of amides is 1. The Hall–Kier alpha value is -3.38. The summed E-state index contributed by atoms with van der Waals surface area (Å²) in [6.07, 6.45) is -3.22. The van der Waals surface area contributed by atoms with Crippen molar-refractivity contribution in [2.24, 2.45) is 0 Å². The van der Waals surface area contributed by atoms with Gasteiger partial charge in [-0.15, -0.1) is 0 Å². The lowest BCUT2D eigenvalue weighted by molar-refractivity contribution is -0.173. The molecular weight excluding hydrogens is 677 g/mol. The highest BCUT2D eigenvalue weighted by Gasteiger charge is 2.38. The van der Waals surface area contributed by atoms with Crippen molar-refractivity contribution in [3.05, 3.63) is 60.7 Å². The predicted molar refractivity (Wildman–Crippen MR) is 176 cm³/mol. The Balaban J connectivity index is 0.000000495. The smallest absolute Gasteiger partial charge is 0.465 e. The largest absolute Gasteiger partial charge is 0.471 e. The zero-order valence-corrected chi connectivity index (χ0v) is 29.6. The lowest BCUT2D eigenvalue weighted by Gasteiger charge is -2.23. The molecule has 0 bridgehead atoms. The molecule has 0 aliphatic carbocycles. The molecule has 0 spiro atoms. The number of halogens is 3. The number of unbranched alkanes of at least 4 members (excludes halogenated alkanes) is 1. The maximum atomic E-state index is 13.1. The van der Waals surface area contributed by atoms with E-state index >= 15 is 0 Å². The van der Waals surface area contributed by atoms with Crippen LogP contribution in [0.1, 0.15) is 53.9 Å². The Morgan fingerprint density at radius 1 is 0.708 bits per heavy atom. The fraction of sp³-hybridized carbons (Fsp3) is 0.516. The Labute approximate surface area is 279 Å². The molecule has 0 radical (unpaired) electrons. The number of nitrogens with one attached hydrogen (secondary N) is 3. The molecule has 0 fully saturated rings. The van der Waals surface area contributed by atoms with Gasteiger partial charge in [-0.25, -0.2) is 10.2 Å². The molecule has 0 aromatic heterocycles. The first-order valence-corrected chi connectivity index (χ1v) is 19.1. The van der Waals surface area contributed by atoms with Crippen molar-refractivity contribution in [1.82, 2.24) is 15.5 Å². The first kappa shape index (κ1) is 42.6. The maximum absolute atomic E-state index is 13.1. The van der Waals surface area contributed by atoms with Gasteiger partial charge in [-0.05, 0) is 64.8 Å². The van der Waals surface area contributed by atoms with Crippen LogP contribution in [-0.4, -0.2) is 68.2 Å². The summed E-state index contributed by atoms with van der Waals surface area (Å²) in [5.74, 6) is -2.34. The number of alkyl halides is 3. The van der Waals surface area contributed by atoms with E-state index in [-0.39, 0.29) is 31.5 Å². The monoisotopic (exact) mass is 723 g/mol. The van der Waals surface area contributed by atoms with Gasteiger partial charge in [0, 0.05) is 12.7 Å². The summed E-state index contributed by atoms with van der Waals surface area (Å²) in [6.45, 7) is 8.52. The van der Waals surface area contributed by atoms with Crippen molar-refractivity contribution in [1.29, 1.82) is 0 Å². The maximum Gasteiger partial charge on any atom is 0.471 e. The Morgan fingerprint density at radius 2 is 1.10 bits per heavy atom. The van der Waals surface area contributed by atoms with E-state index < -0.39 is 51.1 Å². The zero-order valence-electron chi connectivity index (χ0n) is 27.8. The third-order valence-electron chi connectivity index (χ3n) is 6.03. The van der Waals surface area contributed by atoms with E-state index in [2.05, 4.69) is 10.2 Å². The number of carbonyl (C=O) groups excluding carboxylic acids is 3. The molecule has 17 heteroatoms. The summed E-state index contributed by atoms with van der Waals surface area (Å²) >= 11 is 0. The molecule has 2 aromatic rings. The zero-order chi connectivity index (χ0) is 36.2. The molecule has 270 valence electrons. The van der Waals surface area contributed by atoms with Gasteiger partial charge in [0.1, 0.15) is 23.6 Å². The molecule has 0 aliphatic heterocycles. The summed E-state index contributed by atoms with van der Waals surface area (Å²) in [4.78, 5) is 34.3. The Morgan fingerprint density at radius 3 is 1.46 bits per heavy atom. The minimum absolute atomic E-state index is 0.0610. The molecule has 1 amide bonds. The van der Waals surface area contributed by atoms with Crippen LogP contribution in [0.3, 0.4) is 0 Å². The number of carbonyl (C=O) groups is 3. The van der Waals surface area contributed by atoms with Crippen LogP contribution in [-0.2, 0) is 33.0 Å². The second-order valence-electron chi connectivity index (χ2n) is 10.3. The van der Waals surface area contributed by atoms with Gasteiger partial charge in [-0.1, -0.05) is 49.7 Å². The quantitative estimate of drug-likeness (QED) is 0.0829. The van der Waals surface area contributed by atoms with Crippen LogP contribution in [0, 0.1) is 0 Å². The third-order valence-corrected chi connectivity index (χ3v) is 10.4. The average Bonchev–Trinajstić information content (AvgIpc) is 3.03. The first-order valence-electron chi connectivity index (χ1n) is 15.5. The summed E-state index contributed by atoms with van der Waals surface area (Å²) < 4.78 is 83.4. The topological polar surface area (TPSA) is 158 Å². The first-order chi connectivity index (χ1) is 22.6. The lowest BCUT2D eigenvalue weighted by Crippen LogP contribution is -2.38. The SMILES string of the molecule is CCCCP(=O)(N[C@@H](C)C(=O)OCC)Oc1ccccc1.CCOC(=O)[C@H](C)NP(=O)(CCCNC(=O)C(F)(F)F)Oc1ccccc1. The molecule has 2 unspecified atom stereocenters. The fourth-order valence-corrected chi connectivity index (χ4v) is 7.93. The molecule has 2 rings (SSSR count). The lowest BCUT2D eigenvalue weighted by atomic mass is 10.3. The summed E-state index contributed by atoms with van der Waals surface area (Å²) in [5.41, 5.74) is 0. The van der Waals surface area contributed by atoms with Gasteiger partial charge >= 0.3 is 39.1 Å². The molecule has 3 N–H and O–H groups in total. The molecule has 48 heavy (non-hydrogen) atoms. The molecule has 0 heterocycles. The second kappa shape index (κ2) is 21.6. The number of esters is 2. The van der Waals surface area contributed by atoms with E-state index in [0.717, 1.165) is 12.8 Å². The number of hydrogen-bond donors (Lipinski definition) is 3. The summed E-state index contributed by atoms with van der Waals surface area (Å²) in [7, 11) is -6.80. The Kier molecular flexibility index (Phi) is 19.2. The van der Waals surface area contributed by atoms with Gasteiger partial charge in [-0.3, -0.25) is 23.5 Å². The number of para-hydroxylation sites is 2. The highest BCUT2D eigenvalue weighted by atomic mass is 31.2. The minimum Gasteiger partial charge on any atom is -0.465 e. The van der Waals surface area contributed by atoms with Gasteiger partial charge in [0.15, 0.2) is 0 Å². The molecule has 12 nitrogen and oxygen atoms in total. The summed E-state index contributed by atoms with van der Waals surface area (Å²) in [5, 5.41) is 7.08. The highest BCUT2D eigenvalue weighted by Crippen LogP contribution is 2.45. The van der Waals surface area contributed by atoms with Crippen LogP contribution in [0.25, 0.3) is 0 Å². The van der Waals surface area contributed by atoms with Crippen LogP contribution in [0.15, 0.2) is 60.7 Å². The minimum atomic E-state index is -4.99. The van der Waals surface area contributed by atoms with Crippen LogP contribution in [0.2, 0.25) is 0 Å². The number of benzene rings is 2. The molecule has 4 atom stereocenters. The normalized spacial score (nSPS) is 14.8. The third kappa shape index (κ3) is 17.1. The van der Waals surface area contributed by atoms with E-state index in [4.69, 9.17) is 18.5 Å². The van der Waals surface area contributed by atoms with Crippen LogP contribution in [0.5, 0.6) is 11.5 Å². The number of ether oxygens (including phenoxy) is 2. The van der Waals surface area contributed by atoms with E-state index in [0.29, 0.717) is 18.5 Å². The molecular formula is C31H46F3N3O9P2. The number of rotatable bonds is 19. The van der Waals surface area contributed by atoms with Crippen molar-refractivity contribution in [3.8, 4) is 11.5 Å². The molecule has 0 saturated carbocycles. The van der Waals surface area contributed by atoms with Crippen LogP contribution < -0.4 is 24.5 Å². The van der Waals surface area contributed by atoms with E-state index in [9.17, 15) is 36.7 Å². The highest BCUT2D eigenvalue weighted by molar-refractivity contribution is 7.57. The predicted octanol–water partition coefficient (Wildman–Crippen LogP) is 6.47. The van der Waals surface area contributed by atoms with Gasteiger partial charge in [0.2, 0.25) is 0 Å². The average molecular weight is 724 g/mol. The van der Waals surface area contributed by atoms with Crippen molar-refractivity contribution in [2.75, 3.05) is 32.1 Å². The van der Waals surface area contributed by atoms with Crippen LogP contribution >= 0.6 is 15.0 Å². The van der Waals surface area contributed by atoms with Crippen molar-refractivity contribution in [3.63, 3.8) is 0 Å². The van der Waals surface area contributed by atoms with Gasteiger partial charge in [0.05, 0.1) is 19.4 Å². The van der Waals surface area contributed by atoms with E-state index in [1.165, 1.54) is 6.92 Å². The van der Waals surface area contributed by atoms with Gasteiger partial charge in [-0.2, -0.15) is 13.2 Å². The van der Waals surface area contributed by atoms with Crippen molar-refractivity contribution < 1.29 is 55.2 Å².